The molecule has 0 aromatic carbocycles. The number of carbonyl (C=O) groups is 1. The van der Waals surface area contributed by atoms with Crippen molar-refractivity contribution in [3.8, 4) is 10.6 Å². The fourth-order valence-corrected chi connectivity index (χ4v) is 4.71. The smallest absolute Gasteiger partial charge is 0.222 e. The molecule has 1 unspecified atom stereocenters. The van der Waals surface area contributed by atoms with Crippen molar-refractivity contribution in [2.75, 3.05) is 25.9 Å². The number of nitrogen functional groups attached to an aromatic ring is 1. The SMILES string of the molecule is CN(CCC1CCCCO1)C(=O)CCc1sc(N)nc1-c1cccs1. The van der Waals surface area contributed by atoms with E-state index in [1.165, 1.54) is 17.8 Å². The summed E-state index contributed by atoms with van der Waals surface area (Å²) >= 11 is 3.13. The van der Waals surface area contributed by atoms with Crippen molar-refractivity contribution in [1.29, 1.82) is 0 Å². The second-order valence-electron chi connectivity index (χ2n) is 6.39. The third-order valence-electron chi connectivity index (χ3n) is 4.52. The van der Waals surface area contributed by atoms with Crippen LogP contribution in [-0.2, 0) is 16.0 Å². The van der Waals surface area contributed by atoms with Crippen LogP contribution in [0.4, 0.5) is 5.13 Å². The van der Waals surface area contributed by atoms with E-state index in [1.807, 2.05) is 29.5 Å². The van der Waals surface area contributed by atoms with E-state index in [0.717, 1.165) is 47.9 Å². The number of thiazole rings is 1. The average Bonchev–Trinajstić information content (AvgIpc) is 3.27. The van der Waals surface area contributed by atoms with Crippen LogP contribution in [0.5, 0.6) is 0 Å². The zero-order valence-electron chi connectivity index (χ0n) is 14.6. The number of carbonyl (C=O) groups excluding carboxylic acids is 1. The first-order chi connectivity index (χ1) is 12.1. The van der Waals surface area contributed by atoms with Crippen LogP contribution < -0.4 is 5.73 Å². The van der Waals surface area contributed by atoms with Gasteiger partial charge in [0.15, 0.2) is 5.13 Å². The lowest BCUT2D eigenvalue weighted by molar-refractivity contribution is -0.130. The van der Waals surface area contributed by atoms with Crippen LogP contribution in [0.1, 0.15) is 37.0 Å². The van der Waals surface area contributed by atoms with Crippen LogP contribution in [0.15, 0.2) is 17.5 Å². The van der Waals surface area contributed by atoms with Crippen molar-refractivity contribution in [2.45, 2.75) is 44.6 Å². The number of ether oxygens (including phenoxy) is 1. The van der Waals surface area contributed by atoms with Crippen molar-refractivity contribution in [2.24, 2.45) is 0 Å². The lowest BCUT2D eigenvalue weighted by atomic mass is 10.1. The molecule has 3 heterocycles. The number of aromatic nitrogens is 1. The van der Waals surface area contributed by atoms with Crippen molar-refractivity contribution in [3.63, 3.8) is 0 Å². The molecule has 3 rings (SSSR count). The Balaban J connectivity index is 1.50. The van der Waals surface area contributed by atoms with E-state index in [0.29, 0.717) is 24.1 Å². The fourth-order valence-electron chi connectivity index (χ4n) is 3.05. The van der Waals surface area contributed by atoms with E-state index in [9.17, 15) is 4.79 Å². The molecular weight excluding hydrogens is 354 g/mol. The van der Waals surface area contributed by atoms with Gasteiger partial charge in [0.05, 0.1) is 16.7 Å². The number of anilines is 1. The summed E-state index contributed by atoms with van der Waals surface area (Å²) in [7, 11) is 1.88. The van der Waals surface area contributed by atoms with Gasteiger partial charge in [-0.25, -0.2) is 4.98 Å². The molecule has 1 aliphatic rings. The average molecular weight is 380 g/mol. The molecule has 1 aliphatic heterocycles. The Bertz CT molecular complexity index is 679. The first-order valence-corrected chi connectivity index (χ1v) is 10.5. The van der Waals surface area contributed by atoms with E-state index in [2.05, 4.69) is 4.98 Å². The number of hydrogen-bond acceptors (Lipinski definition) is 6. The summed E-state index contributed by atoms with van der Waals surface area (Å²) in [6.07, 6.45) is 5.93. The first kappa shape index (κ1) is 18.4. The number of nitrogens with two attached hydrogens (primary N) is 1. The van der Waals surface area contributed by atoms with Crippen LogP contribution in [0.3, 0.4) is 0 Å². The maximum atomic E-state index is 12.4. The van der Waals surface area contributed by atoms with Gasteiger partial charge in [-0.2, -0.15) is 0 Å². The summed E-state index contributed by atoms with van der Waals surface area (Å²) in [5.74, 6) is 0.167. The molecule has 1 fully saturated rings. The molecule has 0 spiro atoms. The number of nitrogens with zero attached hydrogens (tertiary/aromatic N) is 2. The number of aryl methyl sites for hydroxylation is 1. The number of hydrogen-bond donors (Lipinski definition) is 1. The predicted molar refractivity (Wildman–Crippen MR) is 104 cm³/mol. The summed E-state index contributed by atoms with van der Waals surface area (Å²) in [5, 5.41) is 2.59. The van der Waals surface area contributed by atoms with Gasteiger partial charge >= 0.3 is 0 Å². The molecule has 7 heteroatoms. The van der Waals surface area contributed by atoms with Gasteiger partial charge in [-0.3, -0.25) is 4.79 Å². The molecular formula is C18H25N3O2S2. The Morgan fingerprint density at radius 1 is 1.48 bits per heavy atom. The van der Waals surface area contributed by atoms with Gasteiger partial charge in [0.2, 0.25) is 5.91 Å². The molecule has 5 nitrogen and oxygen atoms in total. The van der Waals surface area contributed by atoms with E-state index in [1.54, 1.807) is 11.3 Å². The minimum absolute atomic E-state index is 0.167. The molecule has 25 heavy (non-hydrogen) atoms. The molecule has 136 valence electrons. The molecule has 2 aromatic heterocycles. The van der Waals surface area contributed by atoms with E-state index >= 15 is 0 Å². The lowest BCUT2D eigenvalue weighted by Crippen LogP contribution is -2.31. The van der Waals surface area contributed by atoms with Gasteiger partial charge < -0.3 is 15.4 Å². The Labute approximate surface area is 156 Å². The third-order valence-corrected chi connectivity index (χ3v) is 6.34. The monoisotopic (exact) mass is 379 g/mol. The second kappa shape index (κ2) is 8.78. The normalized spacial score (nSPS) is 17.6. The maximum Gasteiger partial charge on any atom is 0.222 e. The Morgan fingerprint density at radius 3 is 3.08 bits per heavy atom. The summed E-state index contributed by atoms with van der Waals surface area (Å²) in [6, 6.07) is 4.05. The van der Waals surface area contributed by atoms with Crippen molar-refractivity contribution >= 4 is 33.7 Å². The van der Waals surface area contributed by atoms with Gasteiger partial charge in [-0.05, 0) is 43.6 Å². The summed E-state index contributed by atoms with van der Waals surface area (Å²) in [4.78, 5) is 20.9. The minimum Gasteiger partial charge on any atom is -0.378 e. The van der Waals surface area contributed by atoms with E-state index in [4.69, 9.17) is 10.5 Å². The number of amides is 1. The van der Waals surface area contributed by atoms with Gasteiger partial charge in [0, 0.05) is 31.5 Å². The van der Waals surface area contributed by atoms with Crippen molar-refractivity contribution in [3.05, 3.63) is 22.4 Å². The standard InChI is InChI=1S/C18H25N3O2S2/c1-21(10-9-13-5-2-3-11-23-13)16(22)8-7-15-17(20-18(19)25-15)14-6-4-12-24-14/h4,6,12-13H,2-3,5,7-11H2,1H3,(H2,19,20). The van der Waals surface area contributed by atoms with Crippen LogP contribution in [0.25, 0.3) is 10.6 Å². The maximum absolute atomic E-state index is 12.4. The predicted octanol–water partition coefficient (Wildman–Crippen LogP) is 3.80. The topological polar surface area (TPSA) is 68.5 Å². The Morgan fingerprint density at radius 2 is 2.36 bits per heavy atom. The van der Waals surface area contributed by atoms with Crippen LogP contribution in [0.2, 0.25) is 0 Å². The van der Waals surface area contributed by atoms with Gasteiger partial charge in [-0.1, -0.05) is 6.07 Å². The number of thiophene rings is 1. The zero-order valence-corrected chi connectivity index (χ0v) is 16.2. The van der Waals surface area contributed by atoms with E-state index in [-0.39, 0.29) is 5.91 Å². The van der Waals surface area contributed by atoms with Gasteiger partial charge in [0.1, 0.15) is 0 Å². The number of rotatable bonds is 7. The van der Waals surface area contributed by atoms with E-state index < -0.39 is 0 Å². The molecule has 0 bridgehead atoms. The molecule has 0 saturated carbocycles. The zero-order chi connectivity index (χ0) is 17.6. The molecule has 2 N–H and O–H groups in total. The third kappa shape index (κ3) is 5.03. The summed E-state index contributed by atoms with van der Waals surface area (Å²) < 4.78 is 5.74. The molecule has 1 atom stereocenters. The van der Waals surface area contributed by atoms with Crippen molar-refractivity contribution in [1.82, 2.24) is 9.88 Å². The molecule has 1 saturated heterocycles. The van der Waals surface area contributed by atoms with Crippen LogP contribution >= 0.6 is 22.7 Å². The molecule has 0 radical (unpaired) electrons. The Hall–Kier alpha value is -1.44. The van der Waals surface area contributed by atoms with Crippen LogP contribution in [-0.4, -0.2) is 42.1 Å². The van der Waals surface area contributed by atoms with Gasteiger partial charge in [0.25, 0.3) is 0 Å². The van der Waals surface area contributed by atoms with Crippen molar-refractivity contribution < 1.29 is 9.53 Å². The highest BCUT2D eigenvalue weighted by molar-refractivity contribution is 7.17. The summed E-state index contributed by atoms with van der Waals surface area (Å²) in [5.41, 5.74) is 6.82. The molecule has 1 amide bonds. The lowest BCUT2D eigenvalue weighted by Gasteiger charge is -2.25. The second-order valence-corrected chi connectivity index (χ2v) is 8.46. The largest absolute Gasteiger partial charge is 0.378 e. The quantitative estimate of drug-likeness (QED) is 0.794. The highest BCUT2D eigenvalue weighted by Gasteiger charge is 2.18. The Kier molecular flexibility index (Phi) is 6.45. The highest BCUT2D eigenvalue weighted by Crippen LogP contribution is 2.33. The van der Waals surface area contributed by atoms with Crippen LogP contribution in [0, 0.1) is 0 Å². The molecule has 2 aromatic rings. The minimum atomic E-state index is 0.167. The highest BCUT2D eigenvalue weighted by atomic mass is 32.1. The van der Waals surface area contributed by atoms with Gasteiger partial charge in [-0.15, -0.1) is 22.7 Å². The first-order valence-electron chi connectivity index (χ1n) is 8.78. The summed E-state index contributed by atoms with van der Waals surface area (Å²) in [6.45, 7) is 1.62. The molecule has 0 aliphatic carbocycles. The fraction of sp³-hybridized carbons (Fsp3) is 0.556.